The summed E-state index contributed by atoms with van der Waals surface area (Å²) in [6.07, 6.45) is 7.57. The summed E-state index contributed by atoms with van der Waals surface area (Å²) in [7, 11) is 0. The zero-order chi connectivity index (χ0) is 15.0. The Labute approximate surface area is 124 Å². The largest absolute Gasteiger partial charge is 0.481 e. The first-order chi connectivity index (χ1) is 9.79. The summed E-state index contributed by atoms with van der Waals surface area (Å²) in [4.78, 5) is 23.6. The summed E-state index contributed by atoms with van der Waals surface area (Å²) in [6.45, 7) is 4.17. The van der Waals surface area contributed by atoms with Gasteiger partial charge in [0.05, 0.1) is 11.7 Å². The van der Waals surface area contributed by atoms with E-state index in [0.717, 1.165) is 19.3 Å². The number of carboxylic acid groups (broad SMARTS) is 1. The van der Waals surface area contributed by atoms with Gasteiger partial charge in [0, 0.05) is 17.8 Å². The number of ether oxygens (including phenoxy) is 1. The molecule has 0 radical (unpaired) electrons. The topological polar surface area (TPSA) is 63.6 Å². The molecule has 3 aliphatic carbocycles. The Morgan fingerprint density at radius 2 is 2.24 bits per heavy atom. The number of carbonyl (C=O) groups excluding carboxylic acids is 1. The SMILES string of the molecule is CC12CC34C=CC(=O)[C@@](C)(CCC(=O)O)C3C(CC1C4)O2. The van der Waals surface area contributed by atoms with Crippen LogP contribution in [0.25, 0.3) is 0 Å². The number of ketones is 1. The summed E-state index contributed by atoms with van der Waals surface area (Å²) < 4.78 is 6.32. The van der Waals surface area contributed by atoms with Crippen LogP contribution in [0.1, 0.15) is 46.0 Å². The van der Waals surface area contributed by atoms with Gasteiger partial charge in [0.25, 0.3) is 0 Å². The fourth-order valence-electron chi connectivity index (χ4n) is 6.01. The molecule has 5 rings (SSSR count). The van der Waals surface area contributed by atoms with E-state index in [9.17, 15) is 9.59 Å². The minimum Gasteiger partial charge on any atom is -0.481 e. The van der Waals surface area contributed by atoms with Gasteiger partial charge in [-0.2, -0.15) is 0 Å². The predicted molar refractivity (Wildman–Crippen MR) is 75.7 cm³/mol. The number of rotatable bonds is 3. The maximum absolute atomic E-state index is 12.6. The lowest BCUT2D eigenvalue weighted by Crippen LogP contribution is -2.56. The minimum atomic E-state index is -0.827. The van der Waals surface area contributed by atoms with Crippen LogP contribution in [0.15, 0.2) is 12.2 Å². The molecule has 1 N–H and O–H groups in total. The minimum absolute atomic E-state index is 0.0282. The van der Waals surface area contributed by atoms with E-state index in [-0.39, 0.29) is 35.2 Å². The van der Waals surface area contributed by atoms with Crippen molar-refractivity contribution in [3.8, 4) is 0 Å². The van der Waals surface area contributed by atoms with Gasteiger partial charge in [-0.25, -0.2) is 0 Å². The standard InChI is InChI=1S/C17H22O4/c1-15(5-4-13(19)20)12(18)3-6-17-8-10-7-11(14(15)17)21-16(10,2)9-17/h3,6,10-11,14H,4-5,7-9H2,1-2H3,(H,19,20)/t10?,11?,14?,15-,16?,17?/m1/s1. The van der Waals surface area contributed by atoms with Crippen molar-refractivity contribution in [2.75, 3.05) is 0 Å². The fraction of sp³-hybridized carbons (Fsp3) is 0.765. The lowest BCUT2D eigenvalue weighted by atomic mass is 9.51. The molecule has 4 bridgehead atoms. The Bertz CT molecular complexity index is 567. The van der Waals surface area contributed by atoms with Gasteiger partial charge in [-0.3, -0.25) is 9.59 Å². The van der Waals surface area contributed by atoms with Crippen LogP contribution in [0.3, 0.4) is 0 Å². The second-order valence-electron chi connectivity index (χ2n) is 8.00. The lowest BCUT2D eigenvalue weighted by molar-refractivity contribution is -0.170. The van der Waals surface area contributed by atoms with Gasteiger partial charge in [0.15, 0.2) is 5.78 Å². The quantitative estimate of drug-likeness (QED) is 0.867. The van der Waals surface area contributed by atoms with E-state index in [0.29, 0.717) is 12.3 Å². The Kier molecular flexibility index (Phi) is 2.43. The number of carbonyl (C=O) groups is 2. The van der Waals surface area contributed by atoms with Crippen LogP contribution in [-0.4, -0.2) is 28.6 Å². The predicted octanol–water partition coefficient (Wildman–Crippen LogP) is 2.57. The van der Waals surface area contributed by atoms with Crippen LogP contribution in [0.4, 0.5) is 0 Å². The van der Waals surface area contributed by atoms with Crippen LogP contribution in [0.5, 0.6) is 0 Å². The maximum Gasteiger partial charge on any atom is 0.303 e. The van der Waals surface area contributed by atoms with E-state index < -0.39 is 11.4 Å². The van der Waals surface area contributed by atoms with Crippen molar-refractivity contribution in [1.82, 2.24) is 0 Å². The van der Waals surface area contributed by atoms with Crippen LogP contribution >= 0.6 is 0 Å². The third kappa shape index (κ3) is 1.54. The molecule has 4 heteroatoms. The average molecular weight is 290 g/mol. The molecule has 2 aliphatic heterocycles. The molecule has 4 nitrogen and oxygen atoms in total. The Morgan fingerprint density at radius 3 is 2.90 bits per heavy atom. The van der Waals surface area contributed by atoms with E-state index >= 15 is 0 Å². The van der Waals surface area contributed by atoms with Gasteiger partial charge >= 0.3 is 5.97 Å². The number of allylic oxidation sites excluding steroid dienone is 2. The van der Waals surface area contributed by atoms with Gasteiger partial charge in [0.1, 0.15) is 0 Å². The van der Waals surface area contributed by atoms with Crippen LogP contribution in [0, 0.1) is 22.7 Å². The molecule has 2 saturated heterocycles. The van der Waals surface area contributed by atoms with Crippen molar-refractivity contribution in [3.05, 3.63) is 12.2 Å². The smallest absolute Gasteiger partial charge is 0.303 e. The molecule has 1 spiro atoms. The van der Waals surface area contributed by atoms with Crippen molar-refractivity contribution < 1.29 is 19.4 Å². The zero-order valence-corrected chi connectivity index (χ0v) is 12.6. The highest BCUT2D eigenvalue weighted by Crippen LogP contribution is 2.71. The summed E-state index contributed by atoms with van der Waals surface area (Å²) in [5.74, 6) is 0.00281. The highest BCUT2D eigenvalue weighted by Gasteiger charge is 2.71. The van der Waals surface area contributed by atoms with E-state index in [1.165, 1.54) is 0 Å². The second kappa shape index (κ2) is 3.78. The van der Waals surface area contributed by atoms with Gasteiger partial charge in [0.2, 0.25) is 0 Å². The molecule has 4 fully saturated rings. The van der Waals surface area contributed by atoms with Crippen LogP contribution in [-0.2, 0) is 14.3 Å². The van der Waals surface area contributed by atoms with Crippen molar-refractivity contribution in [1.29, 1.82) is 0 Å². The Balaban J connectivity index is 1.75. The summed E-state index contributed by atoms with van der Waals surface area (Å²) in [5.41, 5.74) is -0.560. The van der Waals surface area contributed by atoms with E-state index in [1.807, 2.05) is 6.92 Å². The Morgan fingerprint density at radius 1 is 1.48 bits per heavy atom. The van der Waals surface area contributed by atoms with E-state index in [2.05, 4.69) is 13.0 Å². The first-order valence-electron chi connectivity index (χ1n) is 7.92. The number of hydrogen-bond donors (Lipinski definition) is 1. The maximum atomic E-state index is 12.6. The molecule has 21 heavy (non-hydrogen) atoms. The molecular formula is C17H22O4. The second-order valence-corrected chi connectivity index (χ2v) is 8.00. The van der Waals surface area contributed by atoms with Crippen molar-refractivity contribution in [2.45, 2.75) is 57.7 Å². The molecular weight excluding hydrogens is 268 g/mol. The number of hydrogen-bond acceptors (Lipinski definition) is 3. The molecule has 0 aromatic rings. The van der Waals surface area contributed by atoms with Gasteiger partial charge in [-0.05, 0) is 50.0 Å². The highest BCUT2D eigenvalue weighted by molar-refractivity contribution is 5.96. The molecule has 0 aromatic heterocycles. The summed E-state index contributed by atoms with van der Waals surface area (Å²) in [5, 5.41) is 9.03. The third-order valence-corrected chi connectivity index (χ3v) is 6.77. The molecule has 2 heterocycles. The molecule has 5 aliphatic rings. The molecule has 114 valence electrons. The first kappa shape index (κ1) is 13.5. The van der Waals surface area contributed by atoms with Crippen molar-refractivity contribution in [2.24, 2.45) is 22.7 Å². The number of aliphatic carboxylic acids is 1. The van der Waals surface area contributed by atoms with Crippen molar-refractivity contribution in [3.63, 3.8) is 0 Å². The monoisotopic (exact) mass is 290 g/mol. The first-order valence-corrected chi connectivity index (χ1v) is 7.92. The lowest BCUT2D eigenvalue weighted by Gasteiger charge is -2.55. The molecule has 0 amide bonds. The normalized spacial score (nSPS) is 53.2. The van der Waals surface area contributed by atoms with E-state index in [4.69, 9.17) is 9.84 Å². The average Bonchev–Trinajstić information content (AvgIpc) is 2.75. The van der Waals surface area contributed by atoms with E-state index in [1.54, 1.807) is 6.08 Å². The van der Waals surface area contributed by atoms with Crippen LogP contribution < -0.4 is 0 Å². The molecule has 5 unspecified atom stereocenters. The molecule has 6 atom stereocenters. The highest BCUT2D eigenvalue weighted by atomic mass is 16.5. The van der Waals surface area contributed by atoms with Gasteiger partial charge in [-0.1, -0.05) is 13.0 Å². The Hall–Kier alpha value is -1.16. The summed E-state index contributed by atoms with van der Waals surface area (Å²) >= 11 is 0. The van der Waals surface area contributed by atoms with Gasteiger partial charge < -0.3 is 9.84 Å². The summed E-state index contributed by atoms with van der Waals surface area (Å²) in [6, 6.07) is 0. The van der Waals surface area contributed by atoms with Crippen LogP contribution in [0.2, 0.25) is 0 Å². The fourth-order valence-corrected chi connectivity index (χ4v) is 6.01. The number of carboxylic acids is 1. The molecule has 0 aromatic carbocycles. The molecule has 2 saturated carbocycles. The van der Waals surface area contributed by atoms with Crippen molar-refractivity contribution >= 4 is 11.8 Å². The third-order valence-electron chi connectivity index (χ3n) is 6.77. The zero-order valence-electron chi connectivity index (χ0n) is 12.6. The van der Waals surface area contributed by atoms with Gasteiger partial charge in [-0.15, -0.1) is 0 Å².